The summed E-state index contributed by atoms with van der Waals surface area (Å²) in [6, 6.07) is 2.10. The molecule has 0 aliphatic rings. The molecule has 1 aromatic rings. The van der Waals surface area contributed by atoms with Crippen molar-refractivity contribution in [3.8, 4) is 0 Å². The quantitative estimate of drug-likeness (QED) is 0.728. The Morgan fingerprint density at radius 1 is 1.39 bits per heavy atom. The second kappa shape index (κ2) is 7.87. The molecule has 0 bridgehead atoms. The smallest absolute Gasteiger partial charge is 0.233 e. The molecule has 0 aliphatic heterocycles. The summed E-state index contributed by atoms with van der Waals surface area (Å²) in [6.45, 7) is 8.85. The zero-order valence-corrected chi connectivity index (χ0v) is 11.6. The van der Waals surface area contributed by atoms with Gasteiger partial charge in [0, 0.05) is 19.6 Å². The van der Waals surface area contributed by atoms with E-state index in [0.717, 1.165) is 37.3 Å². The number of carbonyl (C=O) groups is 1. The molecule has 1 rings (SSSR count). The summed E-state index contributed by atoms with van der Waals surface area (Å²) in [7, 11) is 0. The summed E-state index contributed by atoms with van der Waals surface area (Å²) in [5, 5.41) is 10.5. The van der Waals surface area contributed by atoms with E-state index in [-0.39, 0.29) is 5.91 Å². The minimum absolute atomic E-state index is 0.0510. The molecule has 1 heterocycles. The van der Waals surface area contributed by atoms with Crippen LogP contribution in [0.1, 0.15) is 38.6 Å². The molecular weight excluding hydrogens is 228 g/mol. The Bertz CT molecular complexity index is 373. The van der Waals surface area contributed by atoms with Crippen LogP contribution in [0.25, 0.3) is 0 Å². The Morgan fingerprint density at radius 3 is 2.78 bits per heavy atom. The Balaban J connectivity index is 2.38. The zero-order chi connectivity index (χ0) is 13.4. The number of hydrogen-bond acceptors (Lipinski definition) is 3. The third-order valence-corrected chi connectivity index (χ3v) is 2.74. The van der Waals surface area contributed by atoms with Gasteiger partial charge in [0.15, 0.2) is 0 Å². The maximum Gasteiger partial charge on any atom is 0.233 e. The second-order valence-corrected chi connectivity index (χ2v) is 4.25. The maximum atomic E-state index is 11.4. The van der Waals surface area contributed by atoms with E-state index >= 15 is 0 Å². The normalized spacial score (nSPS) is 10.6. The predicted octanol–water partition coefficient (Wildman–Crippen LogP) is 1.08. The highest BCUT2D eigenvalue weighted by molar-refractivity contribution is 5.77. The molecule has 0 radical (unpaired) electrons. The lowest BCUT2D eigenvalue weighted by atomic mass is 10.3. The zero-order valence-electron chi connectivity index (χ0n) is 11.6. The average Bonchev–Trinajstić information content (AvgIpc) is 2.79. The summed E-state index contributed by atoms with van der Waals surface area (Å²) >= 11 is 0. The van der Waals surface area contributed by atoms with Gasteiger partial charge in [-0.05, 0) is 25.8 Å². The summed E-state index contributed by atoms with van der Waals surface area (Å²) < 4.78 is 1.98. The lowest BCUT2D eigenvalue weighted by Gasteiger charge is -2.07. The van der Waals surface area contributed by atoms with Crippen molar-refractivity contribution in [3.05, 3.63) is 17.5 Å². The molecule has 0 saturated heterocycles. The first kappa shape index (κ1) is 14.7. The molecular formula is C13H24N4O. The number of aromatic nitrogens is 2. The summed E-state index contributed by atoms with van der Waals surface area (Å²) in [6.07, 6.45) is 1.91. The third kappa shape index (κ3) is 4.49. The van der Waals surface area contributed by atoms with Crippen molar-refractivity contribution in [2.45, 2.75) is 46.7 Å². The van der Waals surface area contributed by atoms with Gasteiger partial charge in [0.05, 0.1) is 17.9 Å². The van der Waals surface area contributed by atoms with Crippen LogP contribution < -0.4 is 10.6 Å². The van der Waals surface area contributed by atoms with E-state index in [1.807, 2.05) is 11.6 Å². The molecule has 0 saturated carbocycles. The predicted molar refractivity (Wildman–Crippen MR) is 72.3 cm³/mol. The van der Waals surface area contributed by atoms with Crippen LogP contribution in [0.2, 0.25) is 0 Å². The first-order chi connectivity index (χ1) is 8.71. The van der Waals surface area contributed by atoms with Gasteiger partial charge in [0.1, 0.15) is 0 Å². The minimum atomic E-state index is 0.0510. The molecule has 1 aromatic heterocycles. The number of hydrogen-bond donors (Lipinski definition) is 2. The molecule has 0 spiro atoms. The van der Waals surface area contributed by atoms with Gasteiger partial charge >= 0.3 is 0 Å². The highest BCUT2D eigenvalue weighted by Gasteiger charge is 2.06. The van der Waals surface area contributed by atoms with Crippen LogP contribution in [0.15, 0.2) is 6.07 Å². The van der Waals surface area contributed by atoms with Crippen molar-refractivity contribution in [2.24, 2.45) is 0 Å². The van der Waals surface area contributed by atoms with E-state index < -0.39 is 0 Å². The van der Waals surface area contributed by atoms with E-state index in [4.69, 9.17) is 0 Å². The summed E-state index contributed by atoms with van der Waals surface area (Å²) in [5.74, 6) is 0.0510. The number of nitrogens with one attached hydrogen (secondary N) is 2. The highest BCUT2D eigenvalue weighted by Crippen LogP contribution is 2.05. The number of amides is 1. The molecule has 0 fully saturated rings. The van der Waals surface area contributed by atoms with Crippen molar-refractivity contribution in [1.29, 1.82) is 0 Å². The first-order valence-corrected chi connectivity index (χ1v) is 6.74. The molecule has 5 heteroatoms. The molecule has 2 N–H and O–H groups in total. The van der Waals surface area contributed by atoms with Crippen LogP contribution in [0.4, 0.5) is 0 Å². The fourth-order valence-corrected chi connectivity index (χ4v) is 1.73. The van der Waals surface area contributed by atoms with Gasteiger partial charge in [0.25, 0.3) is 0 Å². The fraction of sp³-hybridized carbons (Fsp3) is 0.692. The van der Waals surface area contributed by atoms with E-state index in [0.29, 0.717) is 13.1 Å². The Morgan fingerprint density at radius 2 is 2.17 bits per heavy atom. The van der Waals surface area contributed by atoms with E-state index in [1.165, 1.54) is 0 Å². The Kier molecular flexibility index (Phi) is 6.43. The highest BCUT2D eigenvalue weighted by atomic mass is 16.1. The standard InChI is InChI=1S/C13H24N4O/c1-4-7-15-13(18)10-14-9-12-8-11(5-2)16-17(12)6-3/h8,14H,4-7,9-10H2,1-3H3,(H,15,18). The lowest BCUT2D eigenvalue weighted by Crippen LogP contribution is -2.34. The molecule has 5 nitrogen and oxygen atoms in total. The van der Waals surface area contributed by atoms with Gasteiger partial charge in [-0.3, -0.25) is 9.48 Å². The number of nitrogens with zero attached hydrogens (tertiary/aromatic N) is 2. The number of carbonyl (C=O) groups excluding carboxylic acids is 1. The lowest BCUT2D eigenvalue weighted by molar-refractivity contribution is -0.120. The first-order valence-electron chi connectivity index (χ1n) is 6.74. The number of rotatable bonds is 8. The topological polar surface area (TPSA) is 59.0 Å². The van der Waals surface area contributed by atoms with Gasteiger partial charge in [0.2, 0.25) is 5.91 Å². The molecule has 0 atom stereocenters. The van der Waals surface area contributed by atoms with Crippen molar-refractivity contribution >= 4 is 5.91 Å². The molecule has 0 unspecified atom stereocenters. The molecule has 0 aromatic carbocycles. The summed E-state index contributed by atoms with van der Waals surface area (Å²) in [4.78, 5) is 11.4. The molecule has 102 valence electrons. The van der Waals surface area contributed by atoms with E-state index in [9.17, 15) is 4.79 Å². The van der Waals surface area contributed by atoms with Crippen molar-refractivity contribution in [3.63, 3.8) is 0 Å². The largest absolute Gasteiger partial charge is 0.355 e. The Hall–Kier alpha value is -1.36. The van der Waals surface area contributed by atoms with E-state index in [1.54, 1.807) is 0 Å². The monoisotopic (exact) mass is 252 g/mol. The molecule has 0 aliphatic carbocycles. The molecule has 1 amide bonds. The minimum Gasteiger partial charge on any atom is -0.355 e. The van der Waals surface area contributed by atoms with Crippen LogP contribution in [0.5, 0.6) is 0 Å². The van der Waals surface area contributed by atoms with Gasteiger partial charge in [-0.1, -0.05) is 13.8 Å². The maximum absolute atomic E-state index is 11.4. The van der Waals surface area contributed by atoms with Gasteiger partial charge in [-0.2, -0.15) is 5.10 Å². The SMILES string of the molecule is CCCNC(=O)CNCc1cc(CC)nn1CC. The van der Waals surface area contributed by atoms with Gasteiger partial charge in [-0.25, -0.2) is 0 Å². The average molecular weight is 252 g/mol. The van der Waals surface area contributed by atoms with E-state index in [2.05, 4.69) is 35.6 Å². The number of aryl methyl sites for hydroxylation is 2. The second-order valence-electron chi connectivity index (χ2n) is 4.25. The fourth-order valence-electron chi connectivity index (χ4n) is 1.73. The van der Waals surface area contributed by atoms with Crippen LogP contribution in [0.3, 0.4) is 0 Å². The van der Waals surface area contributed by atoms with Crippen molar-refractivity contribution in [2.75, 3.05) is 13.1 Å². The van der Waals surface area contributed by atoms with Crippen LogP contribution in [0, 0.1) is 0 Å². The molecule has 18 heavy (non-hydrogen) atoms. The van der Waals surface area contributed by atoms with Crippen LogP contribution >= 0.6 is 0 Å². The summed E-state index contributed by atoms with van der Waals surface area (Å²) in [5.41, 5.74) is 2.24. The van der Waals surface area contributed by atoms with Crippen LogP contribution in [-0.4, -0.2) is 28.8 Å². The van der Waals surface area contributed by atoms with Gasteiger partial charge < -0.3 is 10.6 Å². The van der Waals surface area contributed by atoms with Crippen LogP contribution in [-0.2, 0) is 24.3 Å². The van der Waals surface area contributed by atoms with Gasteiger partial charge in [-0.15, -0.1) is 0 Å². The Labute approximate surface area is 109 Å². The third-order valence-electron chi connectivity index (χ3n) is 2.74. The van der Waals surface area contributed by atoms with Crippen molar-refractivity contribution < 1.29 is 4.79 Å². The van der Waals surface area contributed by atoms with Crippen molar-refractivity contribution in [1.82, 2.24) is 20.4 Å².